The molecule has 4 rings (SSSR count). The van der Waals surface area contributed by atoms with Crippen molar-refractivity contribution in [2.45, 2.75) is 18.6 Å². The first-order chi connectivity index (χ1) is 15.1. The SMILES string of the molecule is C=CCn1c(SCCOc2ccc(Cl)cc2)nc2scc(-c3ccc(C)cc3)c2c1=O. The highest BCUT2D eigenvalue weighted by Gasteiger charge is 2.17. The highest BCUT2D eigenvalue weighted by Crippen LogP contribution is 2.32. The van der Waals surface area contributed by atoms with Crippen LogP contribution < -0.4 is 10.3 Å². The molecule has 0 spiro atoms. The number of ether oxygens (including phenoxy) is 1. The first-order valence-corrected chi connectivity index (χ1v) is 12.0. The quantitative estimate of drug-likeness (QED) is 0.129. The summed E-state index contributed by atoms with van der Waals surface area (Å²) < 4.78 is 7.45. The van der Waals surface area contributed by atoms with Gasteiger partial charge in [0.25, 0.3) is 5.56 Å². The summed E-state index contributed by atoms with van der Waals surface area (Å²) in [5, 5.41) is 4.03. The molecule has 158 valence electrons. The summed E-state index contributed by atoms with van der Waals surface area (Å²) in [6.45, 7) is 6.76. The molecule has 0 unspecified atom stereocenters. The van der Waals surface area contributed by atoms with E-state index in [9.17, 15) is 4.79 Å². The fraction of sp³-hybridized carbons (Fsp3) is 0.167. The van der Waals surface area contributed by atoms with E-state index in [1.165, 1.54) is 28.7 Å². The third kappa shape index (κ3) is 4.87. The van der Waals surface area contributed by atoms with Gasteiger partial charge in [0.05, 0.1) is 12.0 Å². The average molecular weight is 469 g/mol. The van der Waals surface area contributed by atoms with Crippen molar-refractivity contribution in [3.63, 3.8) is 0 Å². The van der Waals surface area contributed by atoms with Crippen molar-refractivity contribution < 1.29 is 4.74 Å². The molecule has 0 radical (unpaired) electrons. The van der Waals surface area contributed by atoms with E-state index in [-0.39, 0.29) is 5.56 Å². The van der Waals surface area contributed by atoms with Crippen LogP contribution in [0, 0.1) is 6.92 Å². The van der Waals surface area contributed by atoms with Crippen LogP contribution >= 0.6 is 34.7 Å². The van der Waals surface area contributed by atoms with Gasteiger partial charge in [0, 0.05) is 28.3 Å². The number of rotatable bonds is 8. The maximum absolute atomic E-state index is 13.4. The van der Waals surface area contributed by atoms with Gasteiger partial charge in [0.2, 0.25) is 0 Å². The van der Waals surface area contributed by atoms with Crippen molar-refractivity contribution >= 4 is 44.9 Å². The number of halogens is 1. The van der Waals surface area contributed by atoms with Crippen molar-refractivity contribution in [2.24, 2.45) is 0 Å². The summed E-state index contributed by atoms with van der Waals surface area (Å²) in [6.07, 6.45) is 1.72. The highest BCUT2D eigenvalue weighted by atomic mass is 35.5. The van der Waals surface area contributed by atoms with Crippen molar-refractivity contribution in [1.82, 2.24) is 9.55 Å². The molecule has 0 aliphatic heterocycles. The summed E-state index contributed by atoms with van der Waals surface area (Å²) >= 11 is 8.91. The maximum Gasteiger partial charge on any atom is 0.263 e. The number of aromatic nitrogens is 2. The first kappa shape index (κ1) is 21.7. The minimum absolute atomic E-state index is 0.0390. The van der Waals surface area contributed by atoms with E-state index in [1.807, 2.05) is 36.6 Å². The van der Waals surface area contributed by atoms with Gasteiger partial charge in [-0.2, -0.15) is 0 Å². The van der Waals surface area contributed by atoms with Gasteiger partial charge >= 0.3 is 0 Å². The second kappa shape index (κ2) is 9.73. The predicted octanol–water partition coefficient (Wildman–Crippen LogP) is 6.44. The topological polar surface area (TPSA) is 44.1 Å². The fourth-order valence-corrected chi connectivity index (χ4v) is 5.11. The Morgan fingerprint density at radius 3 is 2.65 bits per heavy atom. The van der Waals surface area contributed by atoms with Gasteiger partial charge in [-0.15, -0.1) is 17.9 Å². The van der Waals surface area contributed by atoms with Crippen molar-refractivity contribution in [1.29, 1.82) is 0 Å². The van der Waals surface area contributed by atoms with Crippen LogP contribution in [0.2, 0.25) is 5.02 Å². The lowest BCUT2D eigenvalue weighted by molar-refractivity contribution is 0.344. The lowest BCUT2D eigenvalue weighted by Crippen LogP contribution is -2.22. The summed E-state index contributed by atoms with van der Waals surface area (Å²) in [7, 11) is 0. The normalized spacial score (nSPS) is 11.0. The van der Waals surface area contributed by atoms with E-state index in [0.717, 1.165) is 21.7 Å². The van der Waals surface area contributed by atoms with Crippen LogP contribution in [-0.4, -0.2) is 21.9 Å². The third-order valence-corrected chi connectivity index (χ3v) is 6.79. The molecule has 0 aliphatic rings. The zero-order valence-corrected chi connectivity index (χ0v) is 19.4. The molecular formula is C24H21ClN2O2S2. The standard InChI is InChI=1S/C24H21ClN2O2S2/c1-3-12-27-23(28)21-20(17-6-4-16(2)5-7-17)15-31-22(21)26-24(27)30-14-13-29-19-10-8-18(25)9-11-19/h3-11,15H,1,12-14H2,2H3. The number of nitrogens with zero attached hydrogens (tertiary/aromatic N) is 2. The monoisotopic (exact) mass is 468 g/mol. The average Bonchev–Trinajstić information content (AvgIpc) is 3.19. The first-order valence-electron chi connectivity index (χ1n) is 9.78. The van der Waals surface area contributed by atoms with Crippen LogP contribution in [-0.2, 0) is 6.54 Å². The Morgan fingerprint density at radius 2 is 1.94 bits per heavy atom. The van der Waals surface area contributed by atoms with Crippen LogP contribution in [0.15, 0.2) is 76.5 Å². The summed E-state index contributed by atoms with van der Waals surface area (Å²) in [6, 6.07) is 15.5. The minimum atomic E-state index is -0.0390. The lowest BCUT2D eigenvalue weighted by atomic mass is 10.1. The number of hydrogen-bond acceptors (Lipinski definition) is 5. The Hall–Kier alpha value is -2.54. The van der Waals surface area contributed by atoms with Crippen LogP contribution in [0.4, 0.5) is 0 Å². The highest BCUT2D eigenvalue weighted by molar-refractivity contribution is 7.99. The number of hydrogen-bond donors (Lipinski definition) is 0. The van der Waals surface area contributed by atoms with Crippen molar-refractivity contribution in [3.05, 3.63) is 87.5 Å². The molecule has 2 heterocycles. The molecule has 0 fully saturated rings. The number of benzene rings is 2. The Morgan fingerprint density at radius 1 is 1.19 bits per heavy atom. The Kier molecular flexibility index (Phi) is 6.80. The molecule has 0 atom stereocenters. The zero-order valence-electron chi connectivity index (χ0n) is 17.0. The molecule has 2 aromatic carbocycles. The smallest absolute Gasteiger partial charge is 0.263 e. The Bertz CT molecular complexity index is 1260. The fourth-order valence-electron chi connectivity index (χ4n) is 3.17. The van der Waals surface area contributed by atoms with Gasteiger partial charge in [0.1, 0.15) is 10.6 Å². The van der Waals surface area contributed by atoms with Gasteiger partial charge in [-0.3, -0.25) is 9.36 Å². The van der Waals surface area contributed by atoms with Crippen molar-refractivity contribution in [3.8, 4) is 16.9 Å². The van der Waals surface area contributed by atoms with Crippen LogP contribution in [0.25, 0.3) is 21.3 Å². The Labute approximate surface area is 194 Å². The number of aryl methyl sites for hydroxylation is 1. The van der Waals surface area contributed by atoms with Gasteiger partial charge in [-0.1, -0.05) is 59.3 Å². The number of fused-ring (bicyclic) bond motifs is 1. The van der Waals surface area contributed by atoms with Crippen LogP contribution in [0.3, 0.4) is 0 Å². The van der Waals surface area contributed by atoms with Crippen LogP contribution in [0.1, 0.15) is 5.56 Å². The van der Waals surface area contributed by atoms with Gasteiger partial charge in [0.15, 0.2) is 5.16 Å². The third-order valence-electron chi connectivity index (χ3n) is 4.73. The van der Waals surface area contributed by atoms with Crippen molar-refractivity contribution in [2.75, 3.05) is 12.4 Å². The van der Waals surface area contributed by atoms with E-state index in [0.29, 0.717) is 34.5 Å². The molecule has 0 N–H and O–H groups in total. The minimum Gasteiger partial charge on any atom is -0.493 e. The molecule has 0 saturated heterocycles. The van der Waals surface area contributed by atoms with Gasteiger partial charge in [-0.05, 0) is 36.8 Å². The molecule has 0 amide bonds. The second-order valence-electron chi connectivity index (χ2n) is 6.95. The molecule has 2 aromatic heterocycles. The summed E-state index contributed by atoms with van der Waals surface area (Å²) in [4.78, 5) is 18.9. The summed E-state index contributed by atoms with van der Waals surface area (Å²) in [5.41, 5.74) is 3.10. The van der Waals surface area contributed by atoms with E-state index in [1.54, 1.807) is 22.8 Å². The lowest BCUT2D eigenvalue weighted by Gasteiger charge is -2.11. The molecular weight excluding hydrogens is 448 g/mol. The molecule has 4 aromatic rings. The number of thioether (sulfide) groups is 1. The zero-order chi connectivity index (χ0) is 21.8. The van der Waals surface area contributed by atoms with E-state index >= 15 is 0 Å². The van der Waals surface area contributed by atoms with Gasteiger partial charge < -0.3 is 4.74 Å². The molecule has 0 bridgehead atoms. The number of thiophene rings is 1. The van der Waals surface area contributed by atoms with E-state index in [2.05, 4.69) is 18.7 Å². The van der Waals surface area contributed by atoms with E-state index < -0.39 is 0 Å². The molecule has 0 saturated carbocycles. The molecule has 31 heavy (non-hydrogen) atoms. The van der Waals surface area contributed by atoms with Gasteiger partial charge in [-0.25, -0.2) is 4.98 Å². The molecule has 7 heteroatoms. The van der Waals surface area contributed by atoms with E-state index in [4.69, 9.17) is 21.3 Å². The summed E-state index contributed by atoms with van der Waals surface area (Å²) in [5.74, 6) is 1.42. The molecule has 4 nitrogen and oxygen atoms in total. The predicted molar refractivity (Wildman–Crippen MR) is 132 cm³/mol. The number of allylic oxidation sites excluding steroid dienone is 1. The second-order valence-corrected chi connectivity index (χ2v) is 9.30. The maximum atomic E-state index is 13.4. The largest absolute Gasteiger partial charge is 0.493 e. The Balaban J connectivity index is 1.59. The molecule has 0 aliphatic carbocycles. The van der Waals surface area contributed by atoms with Crippen LogP contribution in [0.5, 0.6) is 5.75 Å².